The number of halogens is 2. The smallest absolute Gasteiger partial charge is 0.222 e. The topological polar surface area (TPSA) is 49.0 Å². The molecule has 1 heterocycles. The third-order valence-corrected chi connectivity index (χ3v) is 4.01. The van der Waals surface area contributed by atoms with Crippen molar-refractivity contribution < 1.29 is 9.18 Å². The molecule has 0 atom stereocenters. The summed E-state index contributed by atoms with van der Waals surface area (Å²) in [4.78, 5) is 13.8. The molecule has 0 radical (unpaired) electrons. The van der Waals surface area contributed by atoms with E-state index in [1.165, 1.54) is 12.1 Å². The molecule has 0 spiro atoms. The number of aryl methyl sites for hydroxylation is 2. The van der Waals surface area contributed by atoms with Crippen LogP contribution in [0.4, 0.5) is 4.39 Å². The Labute approximate surface area is 134 Å². The first kappa shape index (κ1) is 16.5. The van der Waals surface area contributed by atoms with Gasteiger partial charge in [0, 0.05) is 25.7 Å². The fourth-order valence-corrected chi connectivity index (χ4v) is 2.48. The van der Waals surface area contributed by atoms with Crippen LogP contribution in [0.2, 0.25) is 5.02 Å². The molecular formula is C16H19ClFN3O. The van der Waals surface area contributed by atoms with Gasteiger partial charge >= 0.3 is 0 Å². The largest absolute Gasteiger partial charge is 0.341 e. The average Bonchev–Trinajstić information content (AvgIpc) is 2.79. The number of hydrogen-bond acceptors (Lipinski definition) is 2. The molecular weight excluding hydrogens is 305 g/mol. The number of carbonyl (C=O) groups excluding carboxylic acids is 1. The van der Waals surface area contributed by atoms with Crippen molar-refractivity contribution in [3.05, 3.63) is 51.6 Å². The van der Waals surface area contributed by atoms with Crippen LogP contribution in [0.3, 0.4) is 0 Å². The zero-order chi connectivity index (χ0) is 16.3. The molecule has 0 aliphatic rings. The maximum absolute atomic E-state index is 13.4. The molecule has 0 aliphatic heterocycles. The van der Waals surface area contributed by atoms with Gasteiger partial charge < -0.3 is 4.90 Å². The zero-order valence-corrected chi connectivity index (χ0v) is 13.7. The van der Waals surface area contributed by atoms with Gasteiger partial charge in [-0.2, -0.15) is 5.10 Å². The third-order valence-electron chi connectivity index (χ3n) is 3.70. The summed E-state index contributed by atoms with van der Waals surface area (Å²) in [6, 6.07) is 4.58. The molecule has 118 valence electrons. The molecule has 2 aromatic rings. The lowest BCUT2D eigenvalue weighted by Gasteiger charge is -2.17. The van der Waals surface area contributed by atoms with Gasteiger partial charge in [-0.3, -0.25) is 9.89 Å². The molecule has 1 aromatic heterocycles. The van der Waals surface area contributed by atoms with Crippen LogP contribution < -0.4 is 0 Å². The van der Waals surface area contributed by atoms with Gasteiger partial charge in [-0.05, 0) is 43.5 Å². The van der Waals surface area contributed by atoms with Gasteiger partial charge in [0.2, 0.25) is 5.91 Å². The number of rotatable bonds is 5. The molecule has 4 nitrogen and oxygen atoms in total. The minimum atomic E-state index is -0.468. The molecule has 6 heteroatoms. The number of nitrogens with one attached hydrogen (secondary N) is 1. The Morgan fingerprint density at radius 2 is 2.14 bits per heavy atom. The Bertz CT molecular complexity index is 665. The minimum absolute atomic E-state index is 0.00959. The summed E-state index contributed by atoms with van der Waals surface area (Å²) in [5.74, 6) is -0.458. The van der Waals surface area contributed by atoms with E-state index in [9.17, 15) is 9.18 Å². The maximum Gasteiger partial charge on any atom is 0.222 e. The Morgan fingerprint density at radius 1 is 1.41 bits per heavy atom. The SMILES string of the molecule is Cc1n[nH]c(C)c1CCC(=O)N(C)Cc1ccc(Cl)c(F)c1. The van der Waals surface area contributed by atoms with Crippen molar-refractivity contribution >= 4 is 17.5 Å². The van der Waals surface area contributed by atoms with E-state index in [4.69, 9.17) is 11.6 Å². The van der Waals surface area contributed by atoms with E-state index in [1.807, 2.05) is 13.8 Å². The quantitative estimate of drug-likeness (QED) is 0.916. The number of aromatic nitrogens is 2. The highest BCUT2D eigenvalue weighted by molar-refractivity contribution is 6.30. The fourth-order valence-electron chi connectivity index (χ4n) is 2.37. The van der Waals surface area contributed by atoms with E-state index < -0.39 is 5.82 Å². The zero-order valence-electron chi connectivity index (χ0n) is 12.9. The second kappa shape index (κ2) is 6.92. The standard InChI is InChI=1S/C16H19ClFN3O/c1-10-13(11(2)20-19-10)5-7-16(22)21(3)9-12-4-6-14(17)15(18)8-12/h4,6,8H,5,7,9H2,1-3H3,(H,19,20). The second-order valence-corrected chi connectivity index (χ2v) is 5.82. The lowest BCUT2D eigenvalue weighted by atomic mass is 10.1. The number of carbonyl (C=O) groups is 1. The van der Waals surface area contributed by atoms with Crippen LogP contribution in [0.25, 0.3) is 0 Å². The van der Waals surface area contributed by atoms with Crippen LogP contribution in [0.15, 0.2) is 18.2 Å². The van der Waals surface area contributed by atoms with Gasteiger partial charge in [0.15, 0.2) is 0 Å². The molecule has 1 aromatic carbocycles. The van der Waals surface area contributed by atoms with Crippen molar-refractivity contribution in [2.45, 2.75) is 33.2 Å². The van der Waals surface area contributed by atoms with Crippen molar-refractivity contribution in [2.75, 3.05) is 7.05 Å². The van der Waals surface area contributed by atoms with Crippen LogP contribution >= 0.6 is 11.6 Å². The van der Waals surface area contributed by atoms with Gasteiger partial charge in [0.1, 0.15) is 5.82 Å². The summed E-state index contributed by atoms with van der Waals surface area (Å²) in [5, 5.41) is 7.12. The predicted octanol–water partition coefficient (Wildman–Crippen LogP) is 3.41. The number of H-pyrrole nitrogens is 1. The first-order valence-electron chi connectivity index (χ1n) is 7.07. The normalized spacial score (nSPS) is 10.8. The third kappa shape index (κ3) is 3.85. The van der Waals surface area contributed by atoms with Crippen molar-refractivity contribution in [3.63, 3.8) is 0 Å². The molecule has 2 rings (SSSR count). The van der Waals surface area contributed by atoms with E-state index in [0.29, 0.717) is 24.9 Å². The summed E-state index contributed by atoms with van der Waals surface area (Å²) in [6.07, 6.45) is 1.04. The first-order chi connectivity index (χ1) is 10.4. The van der Waals surface area contributed by atoms with E-state index in [0.717, 1.165) is 17.0 Å². The number of benzene rings is 1. The number of amides is 1. The second-order valence-electron chi connectivity index (χ2n) is 5.41. The summed E-state index contributed by atoms with van der Waals surface area (Å²) in [5.41, 5.74) is 3.72. The van der Waals surface area contributed by atoms with Gasteiger partial charge in [-0.15, -0.1) is 0 Å². The van der Waals surface area contributed by atoms with Gasteiger partial charge in [-0.25, -0.2) is 4.39 Å². The summed E-state index contributed by atoms with van der Waals surface area (Å²) in [7, 11) is 1.71. The molecule has 1 amide bonds. The highest BCUT2D eigenvalue weighted by Crippen LogP contribution is 2.17. The lowest BCUT2D eigenvalue weighted by Crippen LogP contribution is -2.26. The maximum atomic E-state index is 13.4. The highest BCUT2D eigenvalue weighted by atomic mass is 35.5. The van der Waals surface area contributed by atoms with Crippen LogP contribution in [0, 0.1) is 19.7 Å². The summed E-state index contributed by atoms with van der Waals surface area (Å²) < 4.78 is 13.4. The predicted molar refractivity (Wildman–Crippen MR) is 84.3 cm³/mol. The number of hydrogen-bond donors (Lipinski definition) is 1. The van der Waals surface area contributed by atoms with Crippen molar-refractivity contribution in [3.8, 4) is 0 Å². The monoisotopic (exact) mass is 323 g/mol. The van der Waals surface area contributed by atoms with Crippen molar-refractivity contribution in [1.82, 2.24) is 15.1 Å². The Morgan fingerprint density at radius 3 is 2.73 bits per heavy atom. The van der Waals surface area contributed by atoms with E-state index >= 15 is 0 Å². The van der Waals surface area contributed by atoms with Crippen molar-refractivity contribution in [2.24, 2.45) is 0 Å². The lowest BCUT2D eigenvalue weighted by molar-refractivity contribution is -0.130. The Hall–Kier alpha value is -1.88. The van der Waals surface area contributed by atoms with E-state index in [-0.39, 0.29) is 10.9 Å². The van der Waals surface area contributed by atoms with E-state index in [2.05, 4.69) is 10.2 Å². The van der Waals surface area contributed by atoms with Gasteiger partial charge in [0.05, 0.1) is 10.7 Å². The van der Waals surface area contributed by atoms with Crippen molar-refractivity contribution in [1.29, 1.82) is 0 Å². The number of nitrogens with zero attached hydrogens (tertiary/aromatic N) is 2. The molecule has 0 bridgehead atoms. The summed E-state index contributed by atoms with van der Waals surface area (Å²) in [6.45, 7) is 4.22. The molecule has 22 heavy (non-hydrogen) atoms. The Kier molecular flexibility index (Phi) is 5.19. The van der Waals surface area contributed by atoms with Gasteiger partial charge in [-0.1, -0.05) is 17.7 Å². The molecule has 0 unspecified atom stereocenters. The van der Waals surface area contributed by atoms with Crippen LogP contribution in [-0.4, -0.2) is 28.1 Å². The van der Waals surface area contributed by atoms with Crippen LogP contribution in [-0.2, 0) is 17.8 Å². The molecule has 1 N–H and O–H groups in total. The number of aromatic amines is 1. The molecule has 0 fully saturated rings. The van der Waals surface area contributed by atoms with E-state index in [1.54, 1.807) is 18.0 Å². The minimum Gasteiger partial charge on any atom is -0.341 e. The molecule has 0 saturated carbocycles. The Balaban J connectivity index is 1.93. The van der Waals surface area contributed by atoms with Crippen LogP contribution in [0.1, 0.15) is 28.9 Å². The average molecular weight is 324 g/mol. The fraction of sp³-hybridized carbons (Fsp3) is 0.375. The molecule has 0 aliphatic carbocycles. The molecule has 0 saturated heterocycles. The first-order valence-corrected chi connectivity index (χ1v) is 7.44. The summed E-state index contributed by atoms with van der Waals surface area (Å²) >= 11 is 5.65. The van der Waals surface area contributed by atoms with Gasteiger partial charge in [0.25, 0.3) is 0 Å². The van der Waals surface area contributed by atoms with Crippen LogP contribution in [0.5, 0.6) is 0 Å². The highest BCUT2D eigenvalue weighted by Gasteiger charge is 2.13.